The molecule has 7 heteroatoms. The summed E-state index contributed by atoms with van der Waals surface area (Å²) in [5.74, 6) is -2.02. The average Bonchev–Trinajstić information content (AvgIpc) is 2.47. The van der Waals surface area contributed by atoms with Crippen LogP contribution in [0.4, 0.5) is 23.2 Å². The highest BCUT2D eigenvalue weighted by Crippen LogP contribution is 2.32. The van der Waals surface area contributed by atoms with Gasteiger partial charge in [0, 0.05) is 11.6 Å². The van der Waals surface area contributed by atoms with Crippen molar-refractivity contribution in [1.29, 1.82) is 0 Å². The number of rotatable bonds is 3. The van der Waals surface area contributed by atoms with Gasteiger partial charge in [-0.2, -0.15) is 13.2 Å². The molecule has 0 aliphatic heterocycles. The predicted octanol–water partition coefficient (Wildman–Crippen LogP) is 4.19. The van der Waals surface area contributed by atoms with Crippen molar-refractivity contribution in [2.75, 3.05) is 5.73 Å². The Balaban J connectivity index is 2.45. The van der Waals surface area contributed by atoms with E-state index in [1.807, 2.05) is 0 Å². The van der Waals surface area contributed by atoms with Crippen LogP contribution < -0.4 is 5.73 Å². The molecule has 0 aliphatic carbocycles. The number of aliphatic carboxylic acids is 1. The van der Waals surface area contributed by atoms with Crippen molar-refractivity contribution in [2.45, 2.75) is 6.18 Å². The smallest absolute Gasteiger partial charge is 0.416 e. The third-order valence-corrected chi connectivity index (χ3v) is 3.11. The second-order valence-electron chi connectivity index (χ2n) is 4.71. The molecule has 120 valence electrons. The zero-order chi connectivity index (χ0) is 17.2. The quantitative estimate of drug-likeness (QED) is 0.505. The lowest BCUT2D eigenvalue weighted by atomic mass is 10.00. The van der Waals surface area contributed by atoms with Crippen LogP contribution in [0, 0.1) is 5.82 Å². The van der Waals surface area contributed by atoms with E-state index in [-0.39, 0.29) is 16.8 Å². The summed E-state index contributed by atoms with van der Waals surface area (Å²) >= 11 is 0. The Hall–Kier alpha value is -2.83. The zero-order valence-electron chi connectivity index (χ0n) is 11.6. The van der Waals surface area contributed by atoms with Crippen molar-refractivity contribution in [3.8, 4) is 11.1 Å². The number of nitrogens with two attached hydrogens (primary N) is 1. The maximum atomic E-state index is 13.8. The first-order valence-corrected chi connectivity index (χ1v) is 6.36. The molecule has 0 aromatic heterocycles. The number of carboxylic acid groups (broad SMARTS) is 1. The van der Waals surface area contributed by atoms with Gasteiger partial charge in [-0.05, 0) is 41.5 Å². The molecule has 0 saturated carbocycles. The Morgan fingerprint density at radius 2 is 1.70 bits per heavy atom. The summed E-state index contributed by atoms with van der Waals surface area (Å²) in [5, 5.41) is 8.60. The van der Waals surface area contributed by atoms with Gasteiger partial charge in [0.05, 0.1) is 11.3 Å². The van der Waals surface area contributed by atoms with E-state index in [2.05, 4.69) is 0 Å². The minimum Gasteiger partial charge on any atom is -0.478 e. The number of halogens is 4. The maximum Gasteiger partial charge on any atom is 0.416 e. The van der Waals surface area contributed by atoms with Gasteiger partial charge in [-0.15, -0.1) is 0 Å². The van der Waals surface area contributed by atoms with Crippen LogP contribution in [0.2, 0.25) is 0 Å². The fourth-order valence-corrected chi connectivity index (χ4v) is 1.96. The molecule has 2 aromatic rings. The van der Waals surface area contributed by atoms with Crippen molar-refractivity contribution in [1.82, 2.24) is 0 Å². The molecule has 3 nitrogen and oxygen atoms in total. The Bertz CT molecular complexity index is 765. The van der Waals surface area contributed by atoms with Gasteiger partial charge >= 0.3 is 12.1 Å². The maximum absolute atomic E-state index is 13.8. The molecule has 0 saturated heterocycles. The minimum atomic E-state index is -4.46. The summed E-state index contributed by atoms with van der Waals surface area (Å²) in [6, 6.07) is 6.67. The molecule has 0 amide bonds. The third kappa shape index (κ3) is 3.88. The number of nitrogen functional groups attached to an aromatic ring is 1. The summed E-state index contributed by atoms with van der Waals surface area (Å²) in [5.41, 5.74) is 5.24. The van der Waals surface area contributed by atoms with Crippen molar-refractivity contribution in [3.63, 3.8) is 0 Å². The van der Waals surface area contributed by atoms with Crippen molar-refractivity contribution >= 4 is 17.7 Å². The van der Waals surface area contributed by atoms with Crippen molar-refractivity contribution in [2.24, 2.45) is 0 Å². The predicted molar refractivity (Wildman–Crippen MR) is 77.9 cm³/mol. The average molecular weight is 325 g/mol. The molecular weight excluding hydrogens is 314 g/mol. The second kappa shape index (κ2) is 6.12. The van der Waals surface area contributed by atoms with E-state index in [9.17, 15) is 22.4 Å². The van der Waals surface area contributed by atoms with Gasteiger partial charge in [0.1, 0.15) is 5.82 Å². The minimum absolute atomic E-state index is 0.127. The molecule has 0 bridgehead atoms. The number of anilines is 1. The molecule has 0 heterocycles. The normalized spacial score (nSPS) is 11.8. The number of carboxylic acids is 1. The Labute approximate surface area is 128 Å². The van der Waals surface area contributed by atoms with E-state index in [1.54, 1.807) is 0 Å². The van der Waals surface area contributed by atoms with Gasteiger partial charge in [-0.1, -0.05) is 12.1 Å². The molecule has 23 heavy (non-hydrogen) atoms. The first-order valence-electron chi connectivity index (χ1n) is 6.36. The lowest BCUT2D eigenvalue weighted by molar-refractivity contribution is -0.137. The summed E-state index contributed by atoms with van der Waals surface area (Å²) in [6.07, 6.45) is -2.55. The van der Waals surface area contributed by atoms with Crippen molar-refractivity contribution < 1.29 is 27.5 Å². The zero-order valence-corrected chi connectivity index (χ0v) is 11.6. The molecule has 3 N–H and O–H groups in total. The molecule has 0 unspecified atom stereocenters. The van der Waals surface area contributed by atoms with Crippen LogP contribution in [-0.4, -0.2) is 11.1 Å². The van der Waals surface area contributed by atoms with Crippen LogP contribution in [0.1, 0.15) is 11.1 Å². The SMILES string of the molecule is Nc1c(F)cc(-c2ccc(C(F)(F)F)cc2)cc1C=CC(=O)O. The highest BCUT2D eigenvalue weighted by molar-refractivity contribution is 5.87. The van der Waals surface area contributed by atoms with Crippen LogP contribution in [0.15, 0.2) is 42.5 Å². The van der Waals surface area contributed by atoms with Crippen LogP contribution in [0.25, 0.3) is 17.2 Å². The van der Waals surface area contributed by atoms with Gasteiger partial charge in [0.25, 0.3) is 0 Å². The highest BCUT2D eigenvalue weighted by Gasteiger charge is 2.30. The van der Waals surface area contributed by atoms with Crippen molar-refractivity contribution in [3.05, 3.63) is 59.4 Å². The van der Waals surface area contributed by atoms with E-state index < -0.39 is 23.5 Å². The molecule has 0 spiro atoms. The van der Waals surface area contributed by atoms with Gasteiger partial charge in [0.15, 0.2) is 0 Å². The lowest BCUT2D eigenvalue weighted by Crippen LogP contribution is -2.04. The Morgan fingerprint density at radius 3 is 2.22 bits per heavy atom. The number of alkyl halides is 3. The largest absolute Gasteiger partial charge is 0.478 e. The Kier molecular flexibility index (Phi) is 4.40. The first-order chi connectivity index (χ1) is 10.7. The van der Waals surface area contributed by atoms with Gasteiger partial charge < -0.3 is 10.8 Å². The Morgan fingerprint density at radius 1 is 1.09 bits per heavy atom. The second-order valence-corrected chi connectivity index (χ2v) is 4.71. The van der Waals surface area contributed by atoms with Crippen LogP contribution in [0.3, 0.4) is 0 Å². The standard InChI is InChI=1S/C16H11F4NO2/c17-13-8-11(7-10(15(13)21)3-6-14(22)23)9-1-4-12(5-2-9)16(18,19)20/h1-8H,21H2,(H,22,23). The highest BCUT2D eigenvalue weighted by atomic mass is 19.4. The van der Waals surface area contributed by atoms with Crippen LogP contribution in [0.5, 0.6) is 0 Å². The van der Waals surface area contributed by atoms with E-state index in [1.165, 1.54) is 18.2 Å². The van der Waals surface area contributed by atoms with Crippen LogP contribution in [-0.2, 0) is 11.0 Å². The number of hydrogen-bond acceptors (Lipinski definition) is 2. The summed E-state index contributed by atoms with van der Waals surface area (Å²) < 4.78 is 51.4. The first kappa shape index (κ1) is 16.5. The van der Waals surface area contributed by atoms with Crippen LogP contribution >= 0.6 is 0 Å². The number of carbonyl (C=O) groups is 1. The molecule has 2 rings (SSSR count). The third-order valence-electron chi connectivity index (χ3n) is 3.11. The van der Waals surface area contributed by atoms with E-state index >= 15 is 0 Å². The lowest BCUT2D eigenvalue weighted by Gasteiger charge is -2.10. The fraction of sp³-hybridized carbons (Fsp3) is 0.0625. The van der Waals surface area contributed by atoms with Gasteiger partial charge in [-0.3, -0.25) is 0 Å². The number of hydrogen-bond donors (Lipinski definition) is 2. The summed E-state index contributed by atoms with van der Waals surface area (Å²) in [6.45, 7) is 0. The van der Waals surface area contributed by atoms with E-state index in [0.29, 0.717) is 5.56 Å². The summed E-state index contributed by atoms with van der Waals surface area (Å²) in [7, 11) is 0. The van der Waals surface area contributed by atoms with E-state index in [4.69, 9.17) is 10.8 Å². The fourth-order valence-electron chi connectivity index (χ4n) is 1.96. The molecule has 0 aliphatic rings. The molecule has 0 radical (unpaired) electrons. The number of benzene rings is 2. The monoisotopic (exact) mass is 325 g/mol. The van der Waals surface area contributed by atoms with Gasteiger partial charge in [-0.25, -0.2) is 9.18 Å². The molecule has 0 fully saturated rings. The van der Waals surface area contributed by atoms with E-state index in [0.717, 1.165) is 30.4 Å². The summed E-state index contributed by atoms with van der Waals surface area (Å²) in [4.78, 5) is 10.5. The molecule has 0 atom stereocenters. The van der Waals surface area contributed by atoms with Gasteiger partial charge in [0.2, 0.25) is 0 Å². The topological polar surface area (TPSA) is 63.3 Å². The molecule has 2 aromatic carbocycles. The molecular formula is C16H11F4NO2.